The minimum atomic E-state index is 0.763. The summed E-state index contributed by atoms with van der Waals surface area (Å²) in [7, 11) is 0. The van der Waals surface area contributed by atoms with Gasteiger partial charge in [0.15, 0.2) is 0 Å². The summed E-state index contributed by atoms with van der Waals surface area (Å²) in [4.78, 5) is 2.14. The molecule has 0 spiro atoms. The quantitative estimate of drug-likeness (QED) is 0.715. The zero-order valence-corrected chi connectivity index (χ0v) is 9.28. The third-order valence-corrected chi connectivity index (χ3v) is 2.75. The molecule has 15 heavy (non-hydrogen) atoms. The van der Waals surface area contributed by atoms with Crippen molar-refractivity contribution in [3.8, 4) is 0 Å². The number of morpholine rings is 1. The third kappa shape index (κ3) is 2.98. The van der Waals surface area contributed by atoms with E-state index in [4.69, 9.17) is 16.3 Å². The molecule has 1 aromatic rings. The van der Waals surface area contributed by atoms with Gasteiger partial charge in [0.05, 0.1) is 13.2 Å². The van der Waals surface area contributed by atoms with Crippen molar-refractivity contribution in [3.63, 3.8) is 0 Å². The summed E-state index contributed by atoms with van der Waals surface area (Å²) < 4.78 is 5.27. The summed E-state index contributed by atoms with van der Waals surface area (Å²) in [5.41, 5.74) is 1.13. The second kappa shape index (κ2) is 5.19. The summed E-state index contributed by atoms with van der Waals surface area (Å²) in [6, 6.07) is 10.1. The van der Waals surface area contributed by atoms with Crippen LogP contribution in [0.5, 0.6) is 0 Å². The molecule has 1 aromatic carbocycles. The van der Waals surface area contributed by atoms with Crippen LogP contribution in [0, 0.1) is 0 Å². The lowest BCUT2D eigenvalue weighted by Crippen LogP contribution is -2.34. The maximum absolute atomic E-state index is 6.23. The average Bonchev–Trinajstić information content (AvgIpc) is 2.31. The maximum Gasteiger partial charge on any atom is 0.105 e. The zero-order chi connectivity index (χ0) is 10.5. The molecule has 0 bridgehead atoms. The fourth-order valence-electron chi connectivity index (χ4n) is 1.56. The van der Waals surface area contributed by atoms with Gasteiger partial charge in [-0.1, -0.05) is 41.9 Å². The summed E-state index contributed by atoms with van der Waals surface area (Å²) in [5.74, 6) is 0. The molecule has 80 valence electrons. The van der Waals surface area contributed by atoms with E-state index < -0.39 is 0 Å². The fraction of sp³-hybridized carbons (Fsp3) is 0.333. The lowest BCUT2D eigenvalue weighted by atomic mass is 10.2. The van der Waals surface area contributed by atoms with Gasteiger partial charge < -0.3 is 9.64 Å². The van der Waals surface area contributed by atoms with Gasteiger partial charge in [-0.2, -0.15) is 0 Å². The van der Waals surface area contributed by atoms with Crippen LogP contribution in [-0.4, -0.2) is 31.2 Å². The molecule has 1 heterocycles. The standard InChI is InChI=1S/C12H14ClNO/c13-12(14-6-8-15-9-7-14)10-11-4-2-1-3-5-11/h1-5,10H,6-9H2. The Labute approximate surface area is 95.1 Å². The smallest absolute Gasteiger partial charge is 0.105 e. The number of hydrogen-bond donors (Lipinski definition) is 0. The van der Waals surface area contributed by atoms with E-state index in [-0.39, 0.29) is 0 Å². The zero-order valence-electron chi connectivity index (χ0n) is 8.53. The van der Waals surface area contributed by atoms with Gasteiger partial charge in [0, 0.05) is 13.1 Å². The molecule has 1 aliphatic rings. The predicted octanol–water partition coefficient (Wildman–Crippen LogP) is 2.56. The van der Waals surface area contributed by atoms with Gasteiger partial charge in [0.1, 0.15) is 5.16 Å². The van der Waals surface area contributed by atoms with Crippen molar-refractivity contribution in [1.82, 2.24) is 4.90 Å². The largest absolute Gasteiger partial charge is 0.378 e. The lowest BCUT2D eigenvalue weighted by Gasteiger charge is -2.27. The molecule has 0 aromatic heterocycles. The highest BCUT2D eigenvalue weighted by atomic mass is 35.5. The molecule has 0 amide bonds. The van der Waals surface area contributed by atoms with Crippen LogP contribution >= 0.6 is 11.6 Å². The van der Waals surface area contributed by atoms with Gasteiger partial charge >= 0.3 is 0 Å². The van der Waals surface area contributed by atoms with Crippen molar-refractivity contribution in [1.29, 1.82) is 0 Å². The highest BCUT2D eigenvalue weighted by Gasteiger charge is 2.11. The van der Waals surface area contributed by atoms with Crippen molar-refractivity contribution < 1.29 is 4.74 Å². The van der Waals surface area contributed by atoms with E-state index in [0.717, 1.165) is 37.0 Å². The molecule has 0 N–H and O–H groups in total. The molecule has 2 rings (SSSR count). The van der Waals surface area contributed by atoms with E-state index in [1.165, 1.54) is 0 Å². The number of halogens is 1. The van der Waals surface area contributed by atoms with Crippen LogP contribution in [0.3, 0.4) is 0 Å². The SMILES string of the molecule is ClC(=Cc1ccccc1)N1CCOCC1. The predicted molar refractivity (Wildman–Crippen MR) is 62.7 cm³/mol. The second-order valence-corrected chi connectivity index (χ2v) is 3.86. The van der Waals surface area contributed by atoms with Crippen LogP contribution in [0.4, 0.5) is 0 Å². The molecule has 2 nitrogen and oxygen atoms in total. The Kier molecular flexibility index (Phi) is 3.64. The minimum Gasteiger partial charge on any atom is -0.378 e. The molecule has 3 heteroatoms. The first-order chi connectivity index (χ1) is 7.36. The molecule has 0 aliphatic carbocycles. The Morgan fingerprint density at radius 2 is 1.87 bits per heavy atom. The van der Waals surface area contributed by atoms with Crippen molar-refractivity contribution in [3.05, 3.63) is 41.1 Å². The van der Waals surface area contributed by atoms with Crippen molar-refractivity contribution in [2.75, 3.05) is 26.3 Å². The summed E-state index contributed by atoms with van der Waals surface area (Å²) in [5, 5.41) is 0.796. The first kappa shape index (κ1) is 10.5. The number of nitrogens with zero attached hydrogens (tertiary/aromatic N) is 1. The van der Waals surface area contributed by atoms with Crippen LogP contribution in [0.2, 0.25) is 0 Å². The molecule has 0 radical (unpaired) electrons. The van der Waals surface area contributed by atoms with Crippen LogP contribution in [-0.2, 0) is 4.74 Å². The summed E-state index contributed by atoms with van der Waals surface area (Å²) >= 11 is 6.23. The van der Waals surface area contributed by atoms with Crippen LogP contribution in [0.1, 0.15) is 5.56 Å². The molecule has 1 aliphatic heterocycles. The highest BCUT2D eigenvalue weighted by Crippen LogP contribution is 2.15. The van der Waals surface area contributed by atoms with E-state index in [1.54, 1.807) is 0 Å². The van der Waals surface area contributed by atoms with Gasteiger partial charge in [-0.15, -0.1) is 0 Å². The molecule has 0 saturated carbocycles. The third-order valence-electron chi connectivity index (χ3n) is 2.40. The fourth-order valence-corrected chi connectivity index (χ4v) is 1.85. The average molecular weight is 224 g/mol. The number of ether oxygens (including phenoxy) is 1. The van der Waals surface area contributed by atoms with Gasteiger partial charge in [0.2, 0.25) is 0 Å². The van der Waals surface area contributed by atoms with Crippen LogP contribution in [0.15, 0.2) is 35.5 Å². The number of hydrogen-bond acceptors (Lipinski definition) is 2. The van der Waals surface area contributed by atoms with Gasteiger partial charge in [-0.05, 0) is 11.6 Å². The van der Waals surface area contributed by atoms with Gasteiger partial charge in [0.25, 0.3) is 0 Å². The second-order valence-electron chi connectivity index (χ2n) is 3.48. The minimum absolute atomic E-state index is 0.763. The Morgan fingerprint density at radius 1 is 1.20 bits per heavy atom. The van der Waals surface area contributed by atoms with E-state index in [2.05, 4.69) is 4.90 Å². The van der Waals surface area contributed by atoms with E-state index in [0.29, 0.717) is 0 Å². The molecule has 1 saturated heterocycles. The molecule has 0 unspecified atom stereocenters. The van der Waals surface area contributed by atoms with E-state index in [1.807, 2.05) is 36.4 Å². The molecule has 0 atom stereocenters. The highest BCUT2D eigenvalue weighted by molar-refractivity contribution is 6.31. The maximum atomic E-state index is 6.23. The first-order valence-electron chi connectivity index (χ1n) is 5.11. The van der Waals surface area contributed by atoms with Crippen LogP contribution < -0.4 is 0 Å². The summed E-state index contributed by atoms with van der Waals surface area (Å²) in [6.07, 6.45) is 1.99. The van der Waals surface area contributed by atoms with E-state index >= 15 is 0 Å². The Bertz CT molecular complexity index is 331. The molecule has 1 fully saturated rings. The van der Waals surface area contributed by atoms with Crippen molar-refractivity contribution in [2.24, 2.45) is 0 Å². The Hall–Kier alpha value is -0.990. The Balaban J connectivity index is 2.06. The van der Waals surface area contributed by atoms with Crippen molar-refractivity contribution in [2.45, 2.75) is 0 Å². The molecular weight excluding hydrogens is 210 g/mol. The monoisotopic (exact) mass is 223 g/mol. The Morgan fingerprint density at radius 3 is 2.53 bits per heavy atom. The van der Waals surface area contributed by atoms with Gasteiger partial charge in [-0.3, -0.25) is 0 Å². The van der Waals surface area contributed by atoms with Gasteiger partial charge in [-0.25, -0.2) is 0 Å². The number of rotatable bonds is 2. The topological polar surface area (TPSA) is 12.5 Å². The molecular formula is C12H14ClNO. The normalized spacial score (nSPS) is 17.9. The first-order valence-corrected chi connectivity index (χ1v) is 5.49. The summed E-state index contributed by atoms with van der Waals surface area (Å²) in [6.45, 7) is 3.28. The van der Waals surface area contributed by atoms with E-state index in [9.17, 15) is 0 Å². The van der Waals surface area contributed by atoms with Crippen molar-refractivity contribution >= 4 is 17.7 Å². The number of benzene rings is 1. The van der Waals surface area contributed by atoms with Crippen LogP contribution in [0.25, 0.3) is 6.08 Å². The lowest BCUT2D eigenvalue weighted by molar-refractivity contribution is 0.0576.